The van der Waals surface area contributed by atoms with E-state index in [-0.39, 0.29) is 5.82 Å². The molecule has 0 saturated heterocycles. The number of hydrogen-bond donors (Lipinski definition) is 1. The first-order valence-electron chi connectivity index (χ1n) is 5.56. The van der Waals surface area contributed by atoms with Crippen molar-refractivity contribution in [1.29, 1.82) is 0 Å². The monoisotopic (exact) mass is 241 g/mol. The van der Waals surface area contributed by atoms with Crippen LogP contribution in [0.1, 0.15) is 5.82 Å². The van der Waals surface area contributed by atoms with E-state index in [0.717, 1.165) is 19.6 Å². The topological polar surface area (TPSA) is 76.2 Å². The van der Waals surface area contributed by atoms with Crippen LogP contribution in [0.2, 0.25) is 0 Å². The van der Waals surface area contributed by atoms with Gasteiger partial charge >= 0.3 is 5.82 Å². The number of aromatic nitrogens is 2. The van der Waals surface area contributed by atoms with Crippen LogP contribution in [0.15, 0.2) is 6.20 Å². The van der Waals surface area contributed by atoms with Gasteiger partial charge in [0.15, 0.2) is 5.82 Å². The molecule has 7 nitrogen and oxygen atoms in total. The number of hydrogen-bond acceptors (Lipinski definition) is 5. The van der Waals surface area contributed by atoms with Crippen LogP contribution in [0.5, 0.6) is 0 Å². The number of nitro groups is 1. The minimum absolute atomic E-state index is 0.0597. The molecule has 0 aliphatic carbocycles. The highest BCUT2D eigenvalue weighted by Gasteiger charge is 2.17. The standard InChI is InChI=1S/C10H19N5O2/c1-9-12-8-10(15(16)17)14(9)7-6-13(3)5-4-11-2/h8,11H,4-7H2,1-3H3. The maximum atomic E-state index is 10.8. The Balaban J connectivity index is 2.56. The summed E-state index contributed by atoms with van der Waals surface area (Å²) in [6.45, 7) is 4.95. The van der Waals surface area contributed by atoms with E-state index in [1.54, 1.807) is 11.5 Å². The molecule has 96 valence electrons. The molecule has 0 amide bonds. The van der Waals surface area contributed by atoms with Gasteiger partial charge < -0.3 is 20.3 Å². The molecule has 0 radical (unpaired) electrons. The number of aryl methyl sites for hydroxylation is 1. The molecule has 0 aliphatic rings. The third kappa shape index (κ3) is 3.79. The van der Waals surface area contributed by atoms with Crippen molar-refractivity contribution in [3.8, 4) is 0 Å². The fourth-order valence-electron chi connectivity index (χ4n) is 1.56. The van der Waals surface area contributed by atoms with Gasteiger partial charge in [0.1, 0.15) is 12.7 Å². The highest BCUT2D eigenvalue weighted by molar-refractivity contribution is 5.18. The Morgan fingerprint density at radius 1 is 1.59 bits per heavy atom. The number of nitrogens with zero attached hydrogens (tertiary/aromatic N) is 4. The Morgan fingerprint density at radius 2 is 2.29 bits per heavy atom. The van der Waals surface area contributed by atoms with Crippen molar-refractivity contribution < 1.29 is 4.92 Å². The van der Waals surface area contributed by atoms with Gasteiger partial charge in [0.2, 0.25) is 0 Å². The molecule has 0 bridgehead atoms. The van der Waals surface area contributed by atoms with Crippen LogP contribution < -0.4 is 5.32 Å². The quantitative estimate of drug-likeness (QED) is 0.547. The molecular formula is C10H19N5O2. The van der Waals surface area contributed by atoms with E-state index in [0.29, 0.717) is 12.4 Å². The first-order chi connectivity index (χ1) is 8.06. The zero-order valence-corrected chi connectivity index (χ0v) is 10.5. The van der Waals surface area contributed by atoms with Crippen LogP contribution in [-0.2, 0) is 6.54 Å². The van der Waals surface area contributed by atoms with Gasteiger partial charge in [-0.3, -0.25) is 0 Å². The van der Waals surface area contributed by atoms with Crippen molar-refractivity contribution in [3.63, 3.8) is 0 Å². The average Bonchev–Trinajstić information content (AvgIpc) is 2.65. The Labute approximate surface area is 101 Å². The van der Waals surface area contributed by atoms with Crippen molar-refractivity contribution in [1.82, 2.24) is 19.8 Å². The van der Waals surface area contributed by atoms with Gasteiger partial charge in [-0.25, -0.2) is 9.55 Å². The minimum Gasteiger partial charge on any atom is -0.358 e. The lowest BCUT2D eigenvalue weighted by molar-refractivity contribution is -0.392. The zero-order valence-electron chi connectivity index (χ0n) is 10.5. The molecule has 1 rings (SSSR count). The third-order valence-corrected chi connectivity index (χ3v) is 2.67. The van der Waals surface area contributed by atoms with E-state index in [1.807, 2.05) is 14.1 Å². The van der Waals surface area contributed by atoms with Gasteiger partial charge in [-0.15, -0.1) is 0 Å². The van der Waals surface area contributed by atoms with E-state index in [4.69, 9.17) is 0 Å². The minimum atomic E-state index is -0.395. The fraction of sp³-hybridized carbons (Fsp3) is 0.700. The summed E-state index contributed by atoms with van der Waals surface area (Å²) in [5.74, 6) is 0.739. The van der Waals surface area contributed by atoms with E-state index in [2.05, 4.69) is 15.2 Å². The smallest absolute Gasteiger partial charge is 0.342 e. The summed E-state index contributed by atoms with van der Waals surface area (Å²) in [5, 5.41) is 13.8. The summed E-state index contributed by atoms with van der Waals surface area (Å²) in [6, 6.07) is 0. The van der Waals surface area contributed by atoms with E-state index < -0.39 is 4.92 Å². The molecular weight excluding hydrogens is 222 g/mol. The molecule has 7 heteroatoms. The van der Waals surface area contributed by atoms with Crippen LogP contribution in [-0.4, -0.2) is 53.1 Å². The van der Waals surface area contributed by atoms with E-state index in [9.17, 15) is 10.1 Å². The maximum Gasteiger partial charge on any atom is 0.342 e. The molecule has 0 fully saturated rings. The Hall–Kier alpha value is -1.47. The summed E-state index contributed by atoms with van der Waals surface area (Å²) >= 11 is 0. The predicted molar refractivity (Wildman–Crippen MR) is 65.0 cm³/mol. The molecule has 0 unspecified atom stereocenters. The highest BCUT2D eigenvalue weighted by Crippen LogP contribution is 2.13. The lowest BCUT2D eigenvalue weighted by atomic mass is 10.4. The summed E-state index contributed by atoms with van der Waals surface area (Å²) < 4.78 is 1.63. The molecule has 1 heterocycles. The lowest BCUT2D eigenvalue weighted by Crippen LogP contribution is -2.30. The second-order valence-corrected chi connectivity index (χ2v) is 3.98. The van der Waals surface area contributed by atoms with Crippen LogP contribution in [0, 0.1) is 17.0 Å². The molecule has 0 saturated carbocycles. The maximum absolute atomic E-state index is 10.8. The first kappa shape index (κ1) is 13.6. The Bertz CT molecular complexity index is 377. The van der Waals surface area contributed by atoms with Crippen molar-refractivity contribution in [3.05, 3.63) is 22.1 Å². The molecule has 0 aromatic carbocycles. The molecule has 1 N–H and O–H groups in total. The molecule has 1 aromatic rings. The molecule has 0 atom stereocenters. The number of imidazole rings is 1. The van der Waals surface area contributed by atoms with Gasteiger partial charge in [0, 0.05) is 26.6 Å². The predicted octanol–water partition coefficient (Wildman–Crippen LogP) is 0.251. The lowest BCUT2D eigenvalue weighted by Gasteiger charge is -2.15. The summed E-state index contributed by atoms with van der Waals surface area (Å²) in [4.78, 5) is 16.5. The third-order valence-electron chi connectivity index (χ3n) is 2.67. The van der Waals surface area contributed by atoms with Crippen molar-refractivity contribution >= 4 is 5.82 Å². The van der Waals surface area contributed by atoms with Gasteiger partial charge in [-0.05, 0) is 19.0 Å². The van der Waals surface area contributed by atoms with Crippen molar-refractivity contribution in [2.24, 2.45) is 0 Å². The number of rotatable bonds is 7. The first-order valence-corrected chi connectivity index (χ1v) is 5.56. The second kappa shape index (κ2) is 6.31. The largest absolute Gasteiger partial charge is 0.358 e. The van der Waals surface area contributed by atoms with Crippen molar-refractivity contribution in [2.45, 2.75) is 13.5 Å². The van der Waals surface area contributed by atoms with Gasteiger partial charge in [0.25, 0.3) is 0 Å². The SMILES string of the molecule is CNCCN(C)CCn1c([N+](=O)[O-])cnc1C. The van der Waals surface area contributed by atoms with Gasteiger partial charge in [-0.2, -0.15) is 0 Å². The fourth-order valence-corrected chi connectivity index (χ4v) is 1.56. The number of likely N-dealkylation sites (N-methyl/N-ethyl adjacent to an activating group) is 2. The van der Waals surface area contributed by atoms with Crippen molar-refractivity contribution in [2.75, 3.05) is 33.7 Å². The van der Waals surface area contributed by atoms with Gasteiger partial charge in [0.05, 0.1) is 0 Å². The molecule has 17 heavy (non-hydrogen) atoms. The van der Waals surface area contributed by atoms with Crippen LogP contribution >= 0.6 is 0 Å². The van der Waals surface area contributed by atoms with E-state index >= 15 is 0 Å². The number of nitrogens with one attached hydrogen (secondary N) is 1. The molecule has 0 spiro atoms. The summed E-state index contributed by atoms with van der Waals surface area (Å²) in [6.07, 6.45) is 1.31. The normalized spacial score (nSPS) is 11.1. The van der Waals surface area contributed by atoms with Gasteiger partial charge in [-0.1, -0.05) is 0 Å². The zero-order chi connectivity index (χ0) is 12.8. The van der Waals surface area contributed by atoms with Crippen LogP contribution in [0.4, 0.5) is 5.82 Å². The second-order valence-electron chi connectivity index (χ2n) is 3.98. The van der Waals surface area contributed by atoms with E-state index in [1.165, 1.54) is 6.20 Å². The highest BCUT2D eigenvalue weighted by atomic mass is 16.6. The Kier molecular flexibility index (Phi) is 5.05. The van der Waals surface area contributed by atoms with Crippen LogP contribution in [0.3, 0.4) is 0 Å². The summed E-state index contributed by atoms with van der Waals surface area (Å²) in [5.41, 5.74) is 0. The summed E-state index contributed by atoms with van der Waals surface area (Å²) in [7, 11) is 3.90. The molecule has 1 aromatic heterocycles. The van der Waals surface area contributed by atoms with Crippen LogP contribution in [0.25, 0.3) is 0 Å². The Morgan fingerprint density at radius 3 is 2.88 bits per heavy atom. The molecule has 0 aliphatic heterocycles. The average molecular weight is 241 g/mol.